The lowest BCUT2D eigenvalue weighted by atomic mass is 10.1. The first-order valence-electron chi connectivity index (χ1n) is 9.31. The Kier molecular flexibility index (Phi) is 6.10. The fourth-order valence-electron chi connectivity index (χ4n) is 3.32. The molecule has 0 spiro atoms. The van der Waals surface area contributed by atoms with Gasteiger partial charge in [-0.2, -0.15) is 0 Å². The number of aromatic nitrogens is 1. The van der Waals surface area contributed by atoms with Crippen LogP contribution in [0.25, 0.3) is 0 Å². The molecular formula is C21H25NO4. The molecule has 5 nitrogen and oxygen atoms in total. The van der Waals surface area contributed by atoms with E-state index in [4.69, 9.17) is 9.47 Å². The molecule has 138 valence electrons. The Morgan fingerprint density at radius 2 is 1.88 bits per heavy atom. The summed E-state index contributed by atoms with van der Waals surface area (Å²) in [7, 11) is 0. The van der Waals surface area contributed by atoms with Gasteiger partial charge in [-0.15, -0.1) is 0 Å². The number of hydrogen-bond donors (Lipinski definition) is 1. The number of hydrogen-bond acceptors (Lipinski definition) is 4. The Morgan fingerprint density at radius 1 is 1.15 bits per heavy atom. The van der Waals surface area contributed by atoms with Crippen molar-refractivity contribution in [3.05, 3.63) is 63.6 Å². The van der Waals surface area contributed by atoms with Gasteiger partial charge in [0.25, 0.3) is 5.56 Å². The monoisotopic (exact) mass is 355 g/mol. The van der Waals surface area contributed by atoms with Gasteiger partial charge in [0.2, 0.25) is 0 Å². The van der Waals surface area contributed by atoms with Crippen molar-refractivity contribution >= 4 is 5.97 Å². The highest BCUT2D eigenvalue weighted by molar-refractivity contribution is 5.92. The van der Waals surface area contributed by atoms with Gasteiger partial charge in [0.1, 0.15) is 5.75 Å². The molecule has 0 unspecified atom stereocenters. The maximum absolute atomic E-state index is 12.5. The molecule has 1 aliphatic rings. The third-order valence-corrected chi connectivity index (χ3v) is 4.65. The van der Waals surface area contributed by atoms with Crippen LogP contribution in [-0.4, -0.2) is 23.7 Å². The van der Waals surface area contributed by atoms with E-state index in [-0.39, 0.29) is 18.3 Å². The molecule has 0 bridgehead atoms. The number of ether oxygens (including phenoxy) is 2. The summed E-state index contributed by atoms with van der Waals surface area (Å²) >= 11 is 0. The lowest BCUT2D eigenvalue weighted by molar-refractivity contribution is 0.0516. The first-order valence-corrected chi connectivity index (χ1v) is 9.31. The van der Waals surface area contributed by atoms with E-state index < -0.39 is 11.5 Å². The van der Waals surface area contributed by atoms with Crippen molar-refractivity contribution < 1.29 is 14.3 Å². The number of H-pyrrole nitrogens is 1. The van der Waals surface area contributed by atoms with Crippen LogP contribution in [0.3, 0.4) is 0 Å². The molecule has 1 aliphatic carbocycles. The maximum atomic E-state index is 12.5. The molecule has 5 heteroatoms. The van der Waals surface area contributed by atoms with Crippen LogP contribution < -0.4 is 10.3 Å². The van der Waals surface area contributed by atoms with Gasteiger partial charge < -0.3 is 14.5 Å². The zero-order valence-electron chi connectivity index (χ0n) is 15.1. The van der Waals surface area contributed by atoms with Crippen LogP contribution in [0.15, 0.2) is 41.2 Å². The number of carbonyl (C=O) groups excluding carboxylic acids is 1. The van der Waals surface area contributed by atoms with Crippen LogP contribution in [0, 0.1) is 0 Å². The summed E-state index contributed by atoms with van der Waals surface area (Å²) in [6, 6.07) is 11.9. The number of aromatic amines is 1. The molecule has 0 amide bonds. The minimum atomic E-state index is -0.628. The Bertz CT molecular complexity index is 791. The molecule has 0 saturated heterocycles. The summed E-state index contributed by atoms with van der Waals surface area (Å²) < 4.78 is 11.1. The quantitative estimate of drug-likeness (QED) is 0.770. The predicted octanol–water partition coefficient (Wildman–Crippen LogP) is 3.66. The summed E-state index contributed by atoms with van der Waals surface area (Å²) in [6.45, 7) is 1.94. The summed E-state index contributed by atoms with van der Waals surface area (Å²) in [5, 5.41) is 0. The van der Waals surface area contributed by atoms with Crippen molar-refractivity contribution in [2.45, 2.75) is 51.6 Å². The number of benzene rings is 1. The highest BCUT2D eigenvalue weighted by Crippen LogP contribution is 2.26. The van der Waals surface area contributed by atoms with Gasteiger partial charge in [-0.05, 0) is 51.0 Å². The molecule has 1 fully saturated rings. The second-order valence-electron chi connectivity index (χ2n) is 6.59. The van der Waals surface area contributed by atoms with Gasteiger partial charge >= 0.3 is 5.97 Å². The molecule has 3 rings (SSSR count). The normalized spacial score (nSPS) is 14.3. The van der Waals surface area contributed by atoms with Crippen molar-refractivity contribution in [3.63, 3.8) is 0 Å². The molecule has 0 aliphatic heterocycles. The average Bonchev–Trinajstić information content (AvgIpc) is 3.14. The van der Waals surface area contributed by atoms with Crippen LogP contribution in [0.2, 0.25) is 0 Å². The van der Waals surface area contributed by atoms with Crippen molar-refractivity contribution in [3.8, 4) is 5.75 Å². The molecule has 0 radical (unpaired) electrons. The fourth-order valence-corrected chi connectivity index (χ4v) is 3.32. The average molecular weight is 355 g/mol. The number of aryl methyl sites for hydroxylation is 2. The van der Waals surface area contributed by atoms with Crippen molar-refractivity contribution in [1.82, 2.24) is 4.98 Å². The number of carbonyl (C=O) groups is 1. The largest absolute Gasteiger partial charge is 0.489 e. The minimum Gasteiger partial charge on any atom is -0.489 e. The van der Waals surface area contributed by atoms with E-state index in [0.29, 0.717) is 12.2 Å². The molecule has 1 saturated carbocycles. The lowest BCUT2D eigenvalue weighted by Gasteiger charge is -2.16. The van der Waals surface area contributed by atoms with E-state index in [2.05, 4.69) is 17.1 Å². The molecule has 0 atom stereocenters. The Hall–Kier alpha value is -2.56. The van der Waals surface area contributed by atoms with E-state index >= 15 is 0 Å². The summed E-state index contributed by atoms with van der Waals surface area (Å²) in [5.41, 5.74) is 1.49. The number of rotatable bonds is 7. The Morgan fingerprint density at radius 3 is 2.58 bits per heavy atom. The van der Waals surface area contributed by atoms with Crippen LogP contribution in [0.1, 0.15) is 54.2 Å². The molecule has 26 heavy (non-hydrogen) atoms. The van der Waals surface area contributed by atoms with Crippen molar-refractivity contribution in [2.24, 2.45) is 0 Å². The third kappa shape index (κ3) is 4.54. The standard InChI is InChI=1S/C21H25NO4/c1-2-25-21(24)19-18(26-17-10-6-7-11-17)14-16(22-20(19)23)13-12-15-8-4-3-5-9-15/h3-5,8-9,14,17H,2,6-7,10-13H2,1H3,(H,22,23). The molecule has 1 heterocycles. The van der Waals surface area contributed by atoms with Gasteiger partial charge in [0, 0.05) is 11.8 Å². The van der Waals surface area contributed by atoms with Crippen molar-refractivity contribution in [2.75, 3.05) is 6.61 Å². The molecule has 1 aromatic carbocycles. The van der Waals surface area contributed by atoms with Crippen LogP contribution >= 0.6 is 0 Å². The third-order valence-electron chi connectivity index (χ3n) is 4.65. The summed E-state index contributed by atoms with van der Waals surface area (Å²) in [4.78, 5) is 27.6. The SMILES string of the molecule is CCOC(=O)c1c(OC2CCCC2)cc(CCc2ccccc2)[nH]c1=O. The highest BCUT2D eigenvalue weighted by Gasteiger charge is 2.24. The first kappa shape index (κ1) is 18.2. The molecule has 2 aromatic rings. The van der Waals surface area contributed by atoms with Gasteiger partial charge in [-0.1, -0.05) is 30.3 Å². The number of esters is 1. The van der Waals surface area contributed by atoms with E-state index in [1.165, 1.54) is 5.56 Å². The van der Waals surface area contributed by atoms with Crippen molar-refractivity contribution in [1.29, 1.82) is 0 Å². The topological polar surface area (TPSA) is 68.4 Å². The van der Waals surface area contributed by atoms with Gasteiger partial charge in [-0.3, -0.25) is 4.79 Å². The smallest absolute Gasteiger partial charge is 0.347 e. The fraction of sp³-hybridized carbons (Fsp3) is 0.429. The molecule has 1 N–H and O–H groups in total. The zero-order chi connectivity index (χ0) is 18.4. The second-order valence-corrected chi connectivity index (χ2v) is 6.59. The van der Waals surface area contributed by atoms with E-state index in [9.17, 15) is 9.59 Å². The summed E-state index contributed by atoms with van der Waals surface area (Å²) in [5.74, 6) is -0.279. The molecular weight excluding hydrogens is 330 g/mol. The van der Waals surface area contributed by atoms with E-state index in [0.717, 1.165) is 37.8 Å². The summed E-state index contributed by atoms with van der Waals surface area (Å²) in [6.07, 6.45) is 5.67. The Labute approximate surface area is 153 Å². The van der Waals surface area contributed by atoms with Gasteiger partial charge in [0.05, 0.1) is 12.7 Å². The van der Waals surface area contributed by atoms with Gasteiger partial charge in [-0.25, -0.2) is 4.79 Å². The second kappa shape index (κ2) is 8.70. The van der Waals surface area contributed by atoms with Crippen LogP contribution in [-0.2, 0) is 17.6 Å². The maximum Gasteiger partial charge on any atom is 0.347 e. The van der Waals surface area contributed by atoms with E-state index in [1.807, 2.05) is 18.2 Å². The van der Waals surface area contributed by atoms with Gasteiger partial charge in [0.15, 0.2) is 5.56 Å². The zero-order valence-corrected chi connectivity index (χ0v) is 15.1. The lowest BCUT2D eigenvalue weighted by Crippen LogP contribution is -2.25. The van der Waals surface area contributed by atoms with E-state index in [1.54, 1.807) is 13.0 Å². The molecule has 1 aromatic heterocycles. The minimum absolute atomic E-state index is 0.0257. The number of nitrogens with one attached hydrogen (secondary N) is 1. The first-order chi connectivity index (χ1) is 12.7. The Balaban J connectivity index is 1.85. The van der Waals surface area contributed by atoms with Crippen LogP contribution in [0.4, 0.5) is 0 Å². The number of pyridine rings is 1. The highest BCUT2D eigenvalue weighted by atomic mass is 16.5. The predicted molar refractivity (Wildman–Crippen MR) is 99.8 cm³/mol. The van der Waals surface area contributed by atoms with Crippen LogP contribution in [0.5, 0.6) is 5.75 Å².